The van der Waals surface area contributed by atoms with Crippen LogP contribution in [0.1, 0.15) is 16.2 Å². The molecule has 0 radical (unpaired) electrons. The zero-order valence-corrected chi connectivity index (χ0v) is 15.3. The molecule has 3 rings (SSSR count). The molecule has 2 N–H and O–H groups in total. The largest absolute Gasteiger partial charge is 0.497 e. The van der Waals surface area contributed by atoms with Gasteiger partial charge >= 0.3 is 5.97 Å². The predicted octanol–water partition coefficient (Wildman–Crippen LogP) is 4.07. The first kappa shape index (κ1) is 18.2. The lowest BCUT2D eigenvalue weighted by molar-refractivity contribution is 0.0601. The van der Waals surface area contributed by atoms with Crippen molar-refractivity contribution in [2.75, 3.05) is 24.9 Å². The van der Waals surface area contributed by atoms with Crippen molar-refractivity contribution in [3.63, 3.8) is 0 Å². The summed E-state index contributed by atoms with van der Waals surface area (Å²) in [7, 11) is 2.99. The molecule has 2 aromatic carbocycles. The molecule has 0 atom stereocenters. The van der Waals surface area contributed by atoms with Crippen LogP contribution in [0.3, 0.4) is 0 Å². The first-order valence-electron chi connectivity index (χ1n) is 8.29. The van der Waals surface area contributed by atoms with Crippen LogP contribution in [0.2, 0.25) is 0 Å². The Bertz CT molecular complexity index is 925. The number of hydrogen-bond donors (Lipinski definition) is 2. The monoisotopic (exact) mass is 364 g/mol. The third kappa shape index (κ3) is 4.72. The molecule has 0 aliphatic heterocycles. The molecule has 0 amide bonds. The van der Waals surface area contributed by atoms with Gasteiger partial charge in [0.2, 0.25) is 0 Å². The van der Waals surface area contributed by atoms with E-state index in [1.807, 2.05) is 37.3 Å². The zero-order chi connectivity index (χ0) is 19.2. The van der Waals surface area contributed by atoms with Gasteiger partial charge in [-0.2, -0.15) is 0 Å². The van der Waals surface area contributed by atoms with E-state index >= 15 is 0 Å². The third-order valence-electron chi connectivity index (χ3n) is 3.78. The van der Waals surface area contributed by atoms with Gasteiger partial charge in [-0.3, -0.25) is 0 Å². The Morgan fingerprint density at radius 3 is 1.85 bits per heavy atom. The van der Waals surface area contributed by atoms with Crippen LogP contribution in [0.5, 0.6) is 5.75 Å². The van der Waals surface area contributed by atoms with Crippen LogP contribution >= 0.6 is 0 Å². The standard InChI is InChI=1S/C20H20N4O3/c1-13-21-18(23-15-6-4-14(5-7-15)20(25)27-3)12-19(22-13)24-16-8-10-17(26-2)11-9-16/h4-12H,1-3H3,(H2,21,22,23,24). The summed E-state index contributed by atoms with van der Waals surface area (Å²) in [6.07, 6.45) is 0. The van der Waals surface area contributed by atoms with Gasteiger partial charge in [-0.25, -0.2) is 14.8 Å². The van der Waals surface area contributed by atoms with Crippen LogP contribution in [0.25, 0.3) is 0 Å². The number of benzene rings is 2. The highest BCUT2D eigenvalue weighted by Gasteiger charge is 2.06. The Balaban J connectivity index is 1.75. The van der Waals surface area contributed by atoms with Gasteiger partial charge in [0.15, 0.2) is 0 Å². The summed E-state index contributed by atoms with van der Waals surface area (Å²) in [4.78, 5) is 20.3. The fourth-order valence-corrected chi connectivity index (χ4v) is 2.47. The number of aromatic nitrogens is 2. The van der Waals surface area contributed by atoms with E-state index in [1.54, 1.807) is 31.4 Å². The predicted molar refractivity (Wildman–Crippen MR) is 104 cm³/mol. The van der Waals surface area contributed by atoms with Crippen molar-refractivity contribution in [2.45, 2.75) is 6.92 Å². The summed E-state index contributed by atoms with van der Waals surface area (Å²) in [6, 6.07) is 16.4. The number of anilines is 4. The highest BCUT2D eigenvalue weighted by atomic mass is 16.5. The van der Waals surface area contributed by atoms with Crippen molar-refractivity contribution in [1.29, 1.82) is 0 Å². The van der Waals surface area contributed by atoms with Gasteiger partial charge in [-0.15, -0.1) is 0 Å². The van der Waals surface area contributed by atoms with Crippen molar-refractivity contribution >= 4 is 29.0 Å². The molecule has 0 bridgehead atoms. The summed E-state index contributed by atoms with van der Waals surface area (Å²) in [5.74, 6) is 2.36. The molecule has 0 unspecified atom stereocenters. The number of methoxy groups -OCH3 is 2. The van der Waals surface area contributed by atoms with Gasteiger partial charge in [0.05, 0.1) is 19.8 Å². The molecule has 0 saturated carbocycles. The molecule has 7 heteroatoms. The number of esters is 1. The molecule has 0 spiro atoms. The Kier molecular flexibility index (Phi) is 5.51. The van der Waals surface area contributed by atoms with Crippen LogP contribution in [-0.2, 0) is 4.74 Å². The lowest BCUT2D eigenvalue weighted by atomic mass is 10.2. The second kappa shape index (κ2) is 8.18. The molecule has 1 heterocycles. The topological polar surface area (TPSA) is 85.4 Å². The second-order valence-corrected chi connectivity index (χ2v) is 5.73. The average Bonchev–Trinajstić information content (AvgIpc) is 2.68. The maximum absolute atomic E-state index is 11.5. The Labute approximate surface area is 157 Å². The lowest BCUT2D eigenvalue weighted by Crippen LogP contribution is -2.03. The minimum Gasteiger partial charge on any atom is -0.497 e. The average molecular weight is 364 g/mol. The first-order chi connectivity index (χ1) is 13.1. The molecule has 3 aromatic rings. The lowest BCUT2D eigenvalue weighted by Gasteiger charge is -2.11. The molecule has 0 aliphatic carbocycles. The van der Waals surface area contributed by atoms with Crippen LogP contribution in [-0.4, -0.2) is 30.2 Å². The quantitative estimate of drug-likeness (QED) is 0.638. The molecule has 138 valence electrons. The fraction of sp³-hybridized carbons (Fsp3) is 0.150. The summed E-state index contributed by atoms with van der Waals surface area (Å²) < 4.78 is 9.86. The van der Waals surface area contributed by atoms with Gasteiger partial charge in [-0.05, 0) is 55.5 Å². The van der Waals surface area contributed by atoms with Gasteiger partial charge in [0.25, 0.3) is 0 Å². The van der Waals surface area contributed by atoms with Crippen LogP contribution in [0.4, 0.5) is 23.0 Å². The summed E-state index contributed by atoms with van der Waals surface area (Å²) in [6.45, 7) is 1.82. The first-order valence-corrected chi connectivity index (χ1v) is 8.29. The zero-order valence-electron chi connectivity index (χ0n) is 15.3. The second-order valence-electron chi connectivity index (χ2n) is 5.73. The minimum atomic E-state index is -0.370. The molecule has 0 saturated heterocycles. The fourth-order valence-electron chi connectivity index (χ4n) is 2.47. The maximum Gasteiger partial charge on any atom is 0.337 e. The molecule has 7 nitrogen and oxygen atoms in total. The Hall–Kier alpha value is -3.61. The van der Waals surface area contributed by atoms with Gasteiger partial charge in [-0.1, -0.05) is 0 Å². The van der Waals surface area contributed by atoms with Crippen molar-refractivity contribution in [3.05, 3.63) is 66.0 Å². The molecule has 0 aliphatic rings. The molecule has 0 fully saturated rings. The number of carbonyl (C=O) groups excluding carboxylic acids is 1. The van der Waals surface area contributed by atoms with E-state index in [1.165, 1.54) is 7.11 Å². The number of rotatable bonds is 6. The van der Waals surface area contributed by atoms with E-state index in [2.05, 4.69) is 20.6 Å². The van der Waals surface area contributed by atoms with Crippen molar-refractivity contribution in [3.8, 4) is 5.75 Å². The van der Waals surface area contributed by atoms with E-state index < -0.39 is 0 Å². The van der Waals surface area contributed by atoms with Crippen LogP contribution in [0, 0.1) is 6.92 Å². The Morgan fingerprint density at radius 1 is 0.852 bits per heavy atom. The highest BCUT2D eigenvalue weighted by molar-refractivity contribution is 5.89. The van der Waals surface area contributed by atoms with E-state index in [0.29, 0.717) is 23.0 Å². The number of nitrogens with zero attached hydrogens (tertiary/aromatic N) is 2. The number of aryl methyl sites for hydroxylation is 1. The van der Waals surface area contributed by atoms with E-state index in [0.717, 1.165) is 17.1 Å². The molecule has 1 aromatic heterocycles. The number of nitrogens with one attached hydrogen (secondary N) is 2. The molecular formula is C20H20N4O3. The molecular weight excluding hydrogens is 344 g/mol. The number of hydrogen-bond acceptors (Lipinski definition) is 7. The Morgan fingerprint density at radius 2 is 1.37 bits per heavy atom. The van der Waals surface area contributed by atoms with Crippen molar-refractivity contribution < 1.29 is 14.3 Å². The minimum absolute atomic E-state index is 0.370. The summed E-state index contributed by atoms with van der Waals surface area (Å²) >= 11 is 0. The van der Waals surface area contributed by atoms with Crippen molar-refractivity contribution in [2.24, 2.45) is 0 Å². The van der Waals surface area contributed by atoms with Gasteiger partial charge in [0.1, 0.15) is 23.2 Å². The maximum atomic E-state index is 11.5. The van der Waals surface area contributed by atoms with Gasteiger partial charge < -0.3 is 20.1 Å². The normalized spacial score (nSPS) is 10.2. The summed E-state index contributed by atoms with van der Waals surface area (Å²) in [5.41, 5.74) is 2.18. The molecule has 27 heavy (non-hydrogen) atoms. The van der Waals surface area contributed by atoms with E-state index in [4.69, 9.17) is 9.47 Å². The number of carbonyl (C=O) groups is 1. The van der Waals surface area contributed by atoms with Crippen LogP contribution < -0.4 is 15.4 Å². The van der Waals surface area contributed by atoms with Gasteiger partial charge in [0, 0.05) is 17.4 Å². The van der Waals surface area contributed by atoms with E-state index in [-0.39, 0.29) is 5.97 Å². The summed E-state index contributed by atoms with van der Waals surface area (Å²) in [5, 5.41) is 6.46. The van der Waals surface area contributed by atoms with Crippen LogP contribution in [0.15, 0.2) is 54.6 Å². The van der Waals surface area contributed by atoms with Crippen molar-refractivity contribution in [1.82, 2.24) is 9.97 Å². The number of ether oxygens (including phenoxy) is 2. The highest BCUT2D eigenvalue weighted by Crippen LogP contribution is 2.22. The smallest absolute Gasteiger partial charge is 0.337 e. The van der Waals surface area contributed by atoms with E-state index in [9.17, 15) is 4.79 Å². The SMILES string of the molecule is COC(=O)c1ccc(Nc2cc(Nc3ccc(OC)cc3)nc(C)n2)cc1. The third-order valence-corrected chi connectivity index (χ3v) is 3.78.